The molecule has 0 aliphatic heterocycles. The molecule has 1 heterocycles. The fourth-order valence-electron chi connectivity index (χ4n) is 1.53. The highest BCUT2D eigenvalue weighted by atomic mass is 32.2. The first-order valence-corrected chi connectivity index (χ1v) is 7.47. The molecule has 0 spiro atoms. The monoisotopic (exact) mass is 349 g/mol. The van der Waals surface area contributed by atoms with Crippen molar-refractivity contribution in [1.29, 1.82) is 0 Å². The Hall–Kier alpha value is -2.53. The number of halogens is 3. The molecular weight excluding hydrogens is 339 g/mol. The molecule has 11 heteroatoms. The number of hydrogen-bond acceptors (Lipinski definition) is 4. The van der Waals surface area contributed by atoms with Gasteiger partial charge in [-0.15, -0.1) is 18.0 Å². The summed E-state index contributed by atoms with van der Waals surface area (Å²) in [5, 5.41) is 0. The van der Waals surface area contributed by atoms with Gasteiger partial charge in [-0.05, 0) is 36.4 Å². The summed E-state index contributed by atoms with van der Waals surface area (Å²) in [4.78, 5) is 15.6. The van der Waals surface area contributed by atoms with Gasteiger partial charge in [-0.25, -0.2) is 8.42 Å². The highest BCUT2D eigenvalue weighted by Gasteiger charge is 2.31. The van der Waals surface area contributed by atoms with Crippen LogP contribution in [0.15, 0.2) is 47.5 Å². The Morgan fingerprint density at radius 1 is 1.13 bits per heavy atom. The van der Waals surface area contributed by atoms with Gasteiger partial charge in [0, 0.05) is 6.20 Å². The van der Waals surface area contributed by atoms with Crippen molar-refractivity contribution >= 4 is 15.9 Å². The summed E-state index contributed by atoms with van der Waals surface area (Å²) in [7, 11) is -4.14. The Labute approximate surface area is 128 Å². The molecule has 1 amide bonds. The van der Waals surface area contributed by atoms with E-state index in [1.54, 1.807) is 6.07 Å². The molecule has 0 atom stereocenters. The molecule has 124 valence electrons. The number of rotatable bonds is 5. The summed E-state index contributed by atoms with van der Waals surface area (Å²) in [6.07, 6.45) is -3.40. The van der Waals surface area contributed by atoms with Gasteiger partial charge in [-0.1, -0.05) is 0 Å². The van der Waals surface area contributed by atoms with Crippen molar-refractivity contribution in [3.63, 3.8) is 0 Å². The number of amides is 1. The van der Waals surface area contributed by atoms with Crippen molar-refractivity contribution in [2.45, 2.75) is 11.3 Å². The number of aromatic amines is 1. The zero-order valence-corrected chi connectivity index (χ0v) is 12.0. The normalized spacial score (nSPS) is 12.0. The van der Waals surface area contributed by atoms with Crippen LogP contribution in [0.1, 0.15) is 10.5 Å². The quantitative estimate of drug-likeness (QED) is 0.713. The third-order valence-electron chi connectivity index (χ3n) is 2.51. The summed E-state index contributed by atoms with van der Waals surface area (Å²) in [5.74, 6) is -1.29. The summed E-state index contributed by atoms with van der Waals surface area (Å²) >= 11 is 0. The fraction of sp³-hybridized carbons (Fsp3) is 0.0833. The zero-order valence-electron chi connectivity index (χ0n) is 11.2. The van der Waals surface area contributed by atoms with Crippen LogP contribution < -0.4 is 15.0 Å². The predicted molar refractivity (Wildman–Crippen MR) is 71.7 cm³/mol. The molecule has 1 aromatic heterocycles. The number of sulfonamides is 1. The SMILES string of the molecule is O=C(NNS(=O)(=O)c1ccc(OC(F)(F)F)cc1)c1ccc[nH]1. The van der Waals surface area contributed by atoms with E-state index in [1.807, 2.05) is 10.3 Å². The molecule has 2 rings (SSSR count). The van der Waals surface area contributed by atoms with Gasteiger partial charge in [0.05, 0.1) is 4.90 Å². The Kier molecular flexibility index (Phi) is 4.61. The van der Waals surface area contributed by atoms with Crippen LogP contribution in [0.4, 0.5) is 13.2 Å². The summed E-state index contributed by atoms with van der Waals surface area (Å²) in [6.45, 7) is 0. The van der Waals surface area contributed by atoms with E-state index in [2.05, 4.69) is 9.72 Å². The van der Waals surface area contributed by atoms with Gasteiger partial charge in [0.1, 0.15) is 11.4 Å². The van der Waals surface area contributed by atoms with Crippen LogP contribution in [0.2, 0.25) is 0 Å². The maximum atomic E-state index is 12.0. The van der Waals surface area contributed by atoms with Gasteiger partial charge >= 0.3 is 6.36 Å². The fourth-order valence-corrected chi connectivity index (χ4v) is 2.37. The Morgan fingerprint density at radius 3 is 2.30 bits per heavy atom. The standard InChI is InChI=1S/C12H10F3N3O4S/c13-12(14,15)22-8-3-5-9(6-4-8)23(20,21)18-17-11(19)10-2-1-7-16-10/h1-7,16,18H,(H,17,19). The van der Waals surface area contributed by atoms with E-state index in [-0.39, 0.29) is 10.6 Å². The van der Waals surface area contributed by atoms with Crippen molar-refractivity contribution in [2.24, 2.45) is 0 Å². The molecule has 0 fully saturated rings. The second-order valence-electron chi connectivity index (χ2n) is 4.16. The minimum atomic E-state index is -4.87. The molecule has 7 nitrogen and oxygen atoms in total. The molecule has 0 saturated carbocycles. The lowest BCUT2D eigenvalue weighted by molar-refractivity contribution is -0.274. The average molecular weight is 349 g/mol. The third-order valence-corrected chi connectivity index (χ3v) is 3.77. The highest BCUT2D eigenvalue weighted by Crippen LogP contribution is 2.23. The van der Waals surface area contributed by atoms with Gasteiger partial charge in [0.15, 0.2) is 0 Å². The van der Waals surface area contributed by atoms with Crippen LogP contribution in [0.5, 0.6) is 5.75 Å². The van der Waals surface area contributed by atoms with Gasteiger partial charge < -0.3 is 9.72 Å². The predicted octanol–water partition coefficient (Wildman–Crippen LogP) is 1.54. The smallest absolute Gasteiger partial charge is 0.406 e. The minimum Gasteiger partial charge on any atom is -0.406 e. The van der Waals surface area contributed by atoms with Crippen molar-refractivity contribution in [1.82, 2.24) is 15.2 Å². The molecule has 1 aromatic carbocycles. The number of carbonyl (C=O) groups is 1. The van der Waals surface area contributed by atoms with E-state index in [9.17, 15) is 26.4 Å². The summed E-state index contributed by atoms with van der Waals surface area (Å²) in [6, 6.07) is 6.47. The van der Waals surface area contributed by atoms with E-state index < -0.39 is 28.0 Å². The van der Waals surface area contributed by atoms with Gasteiger partial charge in [-0.2, -0.15) is 0 Å². The Balaban J connectivity index is 2.03. The molecule has 0 radical (unpaired) electrons. The summed E-state index contributed by atoms with van der Waals surface area (Å²) < 4.78 is 63.5. The maximum absolute atomic E-state index is 12.0. The number of hydrogen-bond donors (Lipinski definition) is 3. The maximum Gasteiger partial charge on any atom is 0.573 e. The number of carbonyl (C=O) groups excluding carboxylic acids is 1. The minimum absolute atomic E-state index is 0.127. The number of benzene rings is 1. The lowest BCUT2D eigenvalue weighted by atomic mass is 10.3. The summed E-state index contributed by atoms with van der Waals surface area (Å²) in [5.41, 5.74) is 2.08. The number of aromatic nitrogens is 1. The topological polar surface area (TPSA) is 100 Å². The lowest BCUT2D eigenvalue weighted by Gasteiger charge is -2.10. The van der Waals surface area contributed by atoms with Crippen molar-refractivity contribution in [3.05, 3.63) is 48.3 Å². The molecule has 0 bridgehead atoms. The van der Waals surface area contributed by atoms with Crippen LogP contribution in [0.3, 0.4) is 0 Å². The van der Waals surface area contributed by atoms with Gasteiger partial charge in [-0.3, -0.25) is 10.2 Å². The molecule has 2 aromatic rings. The lowest BCUT2D eigenvalue weighted by Crippen LogP contribution is -2.41. The van der Waals surface area contributed by atoms with Crippen molar-refractivity contribution < 1.29 is 31.1 Å². The van der Waals surface area contributed by atoms with Crippen LogP contribution in [-0.4, -0.2) is 25.7 Å². The molecule has 3 N–H and O–H groups in total. The zero-order chi connectivity index (χ0) is 17.1. The largest absolute Gasteiger partial charge is 0.573 e. The number of hydrazine groups is 1. The number of alkyl halides is 3. The number of ether oxygens (including phenoxy) is 1. The van der Waals surface area contributed by atoms with E-state index in [1.165, 1.54) is 12.3 Å². The number of nitrogens with one attached hydrogen (secondary N) is 3. The number of H-pyrrole nitrogens is 1. The van der Waals surface area contributed by atoms with Gasteiger partial charge in [0.25, 0.3) is 15.9 Å². The van der Waals surface area contributed by atoms with E-state index in [0.717, 1.165) is 24.3 Å². The molecule has 23 heavy (non-hydrogen) atoms. The second kappa shape index (κ2) is 6.30. The highest BCUT2D eigenvalue weighted by molar-refractivity contribution is 7.89. The first-order valence-electron chi connectivity index (χ1n) is 5.99. The van der Waals surface area contributed by atoms with Crippen LogP contribution in [0.25, 0.3) is 0 Å². The first kappa shape index (κ1) is 16.8. The average Bonchev–Trinajstić information content (AvgIpc) is 2.98. The third kappa shape index (κ3) is 4.72. The van der Waals surface area contributed by atoms with Crippen LogP contribution in [0, 0.1) is 0 Å². The van der Waals surface area contributed by atoms with Gasteiger partial charge in [0.2, 0.25) is 0 Å². The molecule has 0 unspecified atom stereocenters. The van der Waals surface area contributed by atoms with Crippen molar-refractivity contribution in [3.8, 4) is 5.75 Å². The Bertz CT molecular complexity index is 771. The van der Waals surface area contributed by atoms with Crippen LogP contribution >= 0.6 is 0 Å². The molecule has 0 aliphatic carbocycles. The van der Waals surface area contributed by atoms with E-state index >= 15 is 0 Å². The molecular formula is C12H10F3N3O4S. The Morgan fingerprint density at radius 2 is 1.78 bits per heavy atom. The van der Waals surface area contributed by atoms with Crippen LogP contribution in [-0.2, 0) is 10.0 Å². The van der Waals surface area contributed by atoms with E-state index in [4.69, 9.17) is 0 Å². The van der Waals surface area contributed by atoms with E-state index in [0.29, 0.717) is 0 Å². The first-order chi connectivity index (χ1) is 10.7. The molecule has 0 aliphatic rings. The van der Waals surface area contributed by atoms with Crippen molar-refractivity contribution in [2.75, 3.05) is 0 Å². The molecule has 0 saturated heterocycles. The second-order valence-corrected chi connectivity index (χ2v) is 5.85.